The van der Waals surface area contributed by atoms with Gasteiger partial charge in [-0.25, -0.2) is 0 Å². The Labute approximate surface area is 120 Å². The van der Waals surface area contributed by atoms with E-state index in [0.29, 0.717) is 6.42 Å². The first-order chi connectivity index (χ1) is 9.26. The van der Waals surface area contributed by atoms with Crippen molar-refractivity contribution >= 4 is 18.6 Å². The minimum absolute atomic E-state index is 0.224. The van der Waals surface area contributed by atoms with E-state index in [9.17, 15) is 4.79 Å². The van der Waals surface area contributed by atoms with Gasteiger partial charge in [0.25, 0.3) is 0 Å². The maximum absolute atomic E-state index is 11.1. The highest BCUT2D eigenvalue weighted by Crippen LogP contribution is 2.13. The van der Waals surface area contributed by atoms with Gasteiger partial charge < -0.3 is 9.47 Å². The SMILES string of the molecule is COC(=O)Cc1ccc(OCCCCCCS)cc1. The summed E-state index contributed by atoms with van der Waals surface area (Å²) in [4.78, 5) is 11.1. The van der Waals surface area contributed by atoms with Crippen molar-refractivity contribution in [2.45, 2.75) is 32.1 Å². The zero-order valence-corrected chi connectivity index (χ0v) is 12.3. The van der Waals surface area contributed by atoms with Crippen LogP contribution in [0.25, 0.3) is 0 Å². The molecule has 0 atom stereocenters. The molecule has 0 aliphatic carbocycles. The molecule has 1 rings (SSSR count). The summed E-state index contributed by atoms with van der Waals surface area (Å²) in [5, 5.41) is 0. The molecule has 0 radical (unpaired) electrons. The molecule has 0 heterocycles. The highest BCUT2D eigenvalue weighted by molar-refractivity contribution is 7.80. The topological polar surface area (TPSA) is 35.5 Å². The Morgan fingerprint density at radius 3 is 2.42 bits per heavy atom. The molecule has 19 heavy (non-hydrogen) atoms. The van der Waals surface area contributed by atoms with Crippen LogP contribution < -0.4 is 4.74 Å². The Morgan fingerprint density at radius 2 is 1.79 bits per heavy atom. The van der Waals surface area contributed by atoms with E-state index in [4.69, 9.17) is 4.74 Å². The number of unbranched alkanes of at least 4 members (excludes halogenated alkanes) is 3. The molecule has 0 amide bonds. The monoisotopic (exact) mass is 282 g/mol. The molecule has 0 unspecified atom stereocenters. The van der Waals surface area contributed by atoms with Crippen LogP contribution in [0.2, 0.25) is 0 Å². The van der Waals surface area contributed by atoms with Crippen molar-refractivity contribution in [1.82, 2.24) is 0 Å². The number of ether oxygens (including phenoxy) is 2. The maximum Gasteiger partial charge on any atom is 0.309 e. The summed E-state index contributed by atoms with van der Waals surface area (Å²) in [5.74, 6) is 1.59. The van der Waals surface area contributed by atoms with Crippen molar-refractivity contribution in [2.75, 3.05) is 19.5 Å². The summed E-state index contributed by atoms with van der Waals surface area (Å²) in [6.45, 7) is 0.739. The Balaban J connectivity index is 2.22. The molecule has 0 N–H and O–H groups in total. The first kappa shape index (κ1) is 15.9. The molecule has 0 aliphatic heterocycles. The van der Waals surface area contributed by atoms with Gasteiger partial charge in [0.05, 0.1) is 20.1 Å². The standard InChI is InChI=1S/C15H22O3S/c1-17-15(16)12-13-6-8-14(9-7-13)18-10-4-2-3-5-11-19/h6-9,19H,2-5,10-12H2,1H3. The van der Waals surface area contributed by atoms with Crippen LogP contribution in [-0.4, -0.2) is 25.4 Å². The fourth-order valence-corrected chi connectivity index (χ4v) is 1.92. The molecule has 1 aromatic rings. The van der Waals surface area contributed by atoms with Gasteiger partial charge in [-0.1, -0.05) is 25.0 Å². The Morgan fingerprint density at radius 1 is 1.11 bits per heavy atom. The normalized spacial score (nSPS) is 10.2. The van der Waals surface area contributed by atoms with Gasteiger partial charge in [0.1, 0.15) is 5.75 Å². The van der Waals surface area contributed by atoms with Crippen molar-refractivity contribution < 1.29 is 14.3 Å². The van der Waals surface area contributed by atoms with E-state index in [-0.39, 0.29) is 5.97 Å². The summed E-state index contributed by atoms with van der Waals surface area (Å²) in [5.41, 5.74) is 0.938. The molecule has 0 fully saturated rings. The fraction of sp³-hybridized carbons (Fsp3) is 0.533. The van der Waals surface area contributed by atoms with Gasteiger partial charge in [0.2, 0.25) is 0 Å². The molecule has 0 saturated heterocycles. The molecule has 0 saturated carbocycles. The van der Waals surface area contributed by atoms with Crippen LogP contribution in [0.5, 0.6) is 5.75 Å². The number of hydrogen-bond acceptors (Lipinski definition) is 4. The van der Waals surface area contributed by atoms with Crippen LogP contribution in [-0.2, 0) is 16.0 Å². The van der Waals surface area contributed by atoms with Gasteiger partial charge in [-0.05, 0) is 36.3 Å². The molecule has 0 bridgehead atoms. The maximum atomic E-state index is 11.1. The number of thiol groups is 1. The molecule has 3 nitrogen and oxygen atoms in total. The summed E-state index contributed by atoms with van der Waals surface area (Å²) >= 11 is 4.18. The van der Waals surface area contributed by atoms with Crippen LogP contribution >= 0.6 is 12.6 Å². The summed E-state index contributed by atoms with van der Waals surface area (Å²) in [6, 6.07) is 7.58. The number of methoxy groups -OCH3 is 1. The van der Waals surface area contributed by atoms with Gasteiger partial charge in [-0.15, -0.1) is 0 Å². The first-order valence-electron chi connectivity index (χ1n) is 6.65. The van der Waals surface area contributed by atoms with E-state index in [1.165, 1.54) is 26.4 Å². The van der Waals surface area contributed by atoms with Crippen molar-refractivity contribution in [3.05, 3.63) is 29.8 Å². The number of carbonyl (C=O) groups is 1. The molecule has 0 spiro atoms. The van der Waals surface area contributed by atoms with E-state index in [1.807, 2.05) is 24.3 Å². The molecule has 4 heteroatoms. The first-order valence-corrected chi connectivity index (χ1v) is 7.29. The van der Waals surface area contributed by atoms with E-state index >= 15 is 0 Å². The molecule has 0 aliphatic rings. The largest absolute Gasteiger partial charge is 0.494 e. The fourth-order valence-electron chi connectivity index (χ4n) is 1.70. The van der Waals surface area contributed by atoms with Gasteiger partial charge in [0.15, 0.2) is 0 Å². The van der Waals surface area contributed by atoms with E-state index in [0.717, 1.165) is 30.1 Å². The zero-order valence-electron chi connectivity index (χ0n) is 11.4. The smallest absolute Gasteiger partial charge is 0.309 e. The number of carbonyl (C=O) groups excluding carboxylic acids is 1. The average Bonchev–Trinajstić information content (AvgIpc) is 2.44. The lowest BCUT2D eigenvalue weighted by Crippen LogP contribution is -2.04. The minimum atomic E-state index is -0.224. The quantitative estimate of drug-likeness (QED) is 0.429. The Bertz CT molecular complexity index is 362. The summed E-state index contributed by atoms with van der Waals surface area (Å²) < 4.78 is 10.3. The lowest BCUT2D eigenvalue weighted by molar-refractivity contribution is -0.139. The lowest BCUT2D eigenvalue weighted by Gasteiger charge is -2.07. The van der Waals surface area contributed by atoms with Gasteiger partial charge in [-0.3, -0.25) is 4.79 Å². The molecule has 0 aromatic heterocycles. The van der Waals surface area contributed by atoms with Crippen LogP contribution in [0.1, 0.15) is 31.2 Å². The second-order valence-corrected chi connectivity index (χ2v) is 4.83. The number of benzene rings is 1. The molecular formula is C15H22O3S. The molecule has 106 valence electrons. The third kappa shape index (κ3) is 7.11. The predicted octanol–water partition coefficient (Wildman–Crippen LogP) is 3.27. The molecule has 1 aromatic carbocycles. The zero-order chi connectivity index (χ0) is 13.9. The van der Waals surface area contributed by atoms with Crippen molar-refractivity contribution in [2.24, 2.45) is 0 Å². The van der Waals surface area contributed by atoms with Gasteiger partial charge >= 0.3 is 5.97 Å². The Kier molecular flexibility index (Phi) is 8.14. The third-order valence-electron chi connectivity index (χ3n) is 2.82. The van der Waals surface area contributed by atoms with Gasteiger partial charge in [0, 0.05) is 0 Å². The van der Waals surface area contributed by atoms with E-state index in [2.05, 4.69) is 17.4 Å². The number of esters is 1. The number of rotatable bonds is 9. The van der Waals surface area contributed by atoms with Crippen LogP contribution in [0, 0.1) is 0 Å². The predicted molar refractivity (Wildman–Crippen MR) is 80.0 cm³/mol. The Hall–Kier alpha value is -1.16. The second-order valence-electron chi connectivity index (χ2n) is 4.38. The van der Waals surface area contributed by atoms with E-state index < -0.39 is 0 Å². The number of hydrogen-bond donors (Lipinski definition) is 1. The summed E-state index contributed by atoms with van der Waals surface area (Å²) in [7, 11) is 1.40. The van der Waals surface area contributed by atoms with Crippen LogP contribution in [0.4, 0.5) is 0 Å². The van der Waals surface area contributed by atoms with E-state index in [1.54, 1.807) is 0 Å². The van der Waals surface area contributed by atoms with Crippen LogP contribution in [0.3, 0.4) is 0 Å². The summed E-state index contributed by atoms with van der Waals surface area (Å²) in [6.07, 6.45) is 4.94. The second kappa shape index (κ2) is 9.73. The highest BCUT2D eigenvalue weighted by atomic mass is 32.1. The van der Waals surface area contributed by atoms with Crippen molar-refractivity contribution in [3.63, 3.8) is 0 Å². The molecular weight excluding hydrogens is 260 g/mol. The highest BCUT2D eigenvalue weighted by Gasteiger charge is 2.02. The minimum Gasteiger partial charge on any atom is -0.494 e. The average molecular weight is 282 g/mol. The van der Waals surface area contributed by atoms with Crippen molar-refractivity contribution in [3.8, 4) is 5.75 Å². The van der Waals surface area contributed by atoms with Gasteiger partial charge in [-0.2, -0.15) is 12.6 Å². The van der Waals surface area contributed by atoms with Crippen molar-refractivity contribution in [1.29, 1.82) is 0 Å². The lowest BCUT2D eigenvalue weighted by atomic mass is 10.1. The third-order valence-corrected chi connectivity index (χ3v) is 3.14. The van der Waals surface area contributed by atoms with Crippen LogP contribution in [0.15, 0.2) is 24.3 Å².